The highest BCUT2D eigenvalue weighted by Crippen LogP contribution is 2.23. The van der Waals surface area contributed by atoms with Gasteiger partial charge >= 0.3 is 0 Å². The lowest BCUT2D eigenvalue weighted by molar-refractivity contribution is -0.121. The van der Waals surface area contributed by atoms with Crippen LogP contribution in [0, 0.1) is 12.8 Å². The molecule has 25 heavy (non-hydrogen) atoms. The van der Waals surface area contributed by atoms with E-state index in [1.54, 1.807) is 0 Å². The number of amides is 1. The fourth-order valence-electron chi connectivity index (χ4n) is 3.51. The van der Waals surface area contributed by atoms with Crippen molar-refractivity contribution in [1.82, 2.24) is 14.7 Å². The monoisotopic (exact) mass is 340 g/mol. The molecule has 134 valence electrons. The van der Waals surface area contributed by atoms with Crippen molar-refractivity contribution in [3.63, 3.8) is 0 Å². The van der Waals surface area contributed by atoms with E-state index in [1.807, 2.05) is 61.3 Å². The van der Waals surface area contributed by atoms with Gasteiger partial charge in [-0.05, 0) is 75.9 Å². The fraction of sp³-hybridized carbons (Fsp3) is 0.500. The van der Waals surface area contributed by atoms with Gasteiger partial charge in [0.05, 0.1) is 6.04 Å². The number of benzene rings is 1. The number of aryl methyl sites for hydroxylation is 2. The van der Waals surface area contributed by atoms with E-state index in [1.165, 1.54) is 6.42 Å². The third-order valence-corrected chi connectivity index (χ3v) is 5.19. The van der Waals surface area contributed by atoms with E-state index in [-0.39, 0.29) is 11.9 Å². The van der Waals surface area contributed by atoms with Crippen LogP contribution in [0.3, 0.4) is 0 Å². The van der Waals surface area contributed by atoms with Gasteiger partial charge in [-0.15, -0.1) is 0 Å². The number of aromatic nitrogens is 2. The van der Waals surface area contributed by atoms with Crippen LogP contribution in [-0.4, -0.2) is 39.7 Å². The lowest BCUT2D eigenvalue weighted by Crippen LogP contribution is -2.46. The second-order valence-electron chi connectivity index (χ2n) is 7.07. The first-order chi connectivity index (χ1) is 12.1. The number of piperidine rings is 1. The molecule has 0 radical (unpaired) electrons. The molecule has 5 nitrogen and oxygen atoms in total. The fourth-order valence-corrected chi connectivity index (χ4v) is 3.51. The number of carbonyl (C=O) groups excluding carboxylic acids is 1. The summed E-state index contributed by atoms with van der Waals surface area (Å²) in [5.74, 6) is 0.813. The molecule has 0 bridgehead atoms. The van der Waals surface area contributed by atoms with E-state index in [2.05, 4.69) is 15.3 Å². The molecule has 5 heteroatoms. The van der Waals surface area contributed by atoms with E-state index in [4.69, 9.17) is 0 Å². The Kier molecular flexibility index (Phi) is 5.87. The van der Waals surface area contributed by atoms with E-state index in [9.17, 15) is 4.79 Å². The van der Waals surface area contributed by atoms with E-state index in [0.29, 0.717) is 0 Å². The molecule has 2 heterocycles. The smallest absolute Gasteiger partial charge is 0.241 e. The van der Waals surface area contributed by atoms with Gasteiger partial charge in [0.15, 0.2) is 0 Å². The van der Waals surface area contributed by atoms with Crippen molar-refractivity contribution >= 4 is 11.6 Å². The van der Waals surface area contributed by atoms with Gasteiger partial charge in [-0.1, -0.05) is 12.1 Å². The van der Waals surface area contributed by atoms with E-state index in [0.717, 1.165) is 49.6 Å². The maximum absolute atomic E-state index is 12.5. The lowest BCUT2D eigenvalue weighted by atomic mass is 9.93. The first-order valence-electron chi connectivity index (χ1n) is 9.21. The highest BCUT2D eigenvalue weighted by atomic mass is 16.2. The minimum absolute atomic E-state index is 0.0839. The number of rotatable bonds is 6. The molecule has 1 N–H and O–H groups in total. The Hall–Kier alpha value is -2.14. The van der Waals surface area contributed by atoms with Crippen LogP contribution in [0.2, 0.25) is 0 Å². The number of nitrogens with zero attached hydrogens (tertiary/aromatic N) is 3. The van der Waals surface area contributed by atoms with E-state index < -0.39 is 0 Å². The molecule has 1 aliphatic heterocycles. The van der Waals surface area contributed by atoms with Gasteiger partial charge in [0.25, 0.3) is 0 Å². The van der Waals surface area contributed by atoms with Crippen molar-refractivity contribution in [3.05, 3.63) is 48.3 Å². The van der Waals surface area contributed by atoms with Gasteiger partial charge < -0.3 is 5.32 Å². The number of anilines is 1. The number of hydrogen-bond acceptors (Lipinski definition) is 3. The van der Waals surface area contributed by atoms with Crippen LogP contribution >= 0.6 is 0 Å². The molecule has 0 aliphatic carbocycles. The predicted molar refractivity (Wildman–Crippen MR) is 100 cm³/mol. The van der Waals surface area contributed by atoms with Crippen LogP contribution in [0.1, 0.15) is 31.7 Å². The van der Waals surface area contributed by atoms with Crippen molar-refractivity contribution in [2.75, 3.05) is 18.4 Å². The molecule has 0 saturated carbocycles. The van der Waals surface area contributed by atoms with Crippen LogP contribution in [0.5, 0.6) is 0 Å². The minimum atomic E-state index is -0.0902. The molecule has 1 saturated heterocycles. The van der Waals surface area contributed by atoms with Gasteiger partial charge in [-0.3, -0.25) is 14.4 Å². The molecule has 1 fully saturated rings. The summed E-state index contributed by atoms with van der Waals surface area (Å²) in [6.45, 7) is 7.02. The molecule has 1 atom stereocenters. The summed E-state index contributed by atoms with van der Waals surface area (Å²) in [5.41, 5.74) is 2.04. The second-order valence-corrected chi connectivity index (χ2v) is 7.07. The first-order valence-corrected chi connectivity index (χ1v) is 9.21. The van der Waals surface area contributed by atoms with Crippen molar-refractivity contribution in [3.8, 4) is 0 Å². The van der Waals surface area contributed by atoms with Crippen LogP contribution < -0.4 is 5.32 Å². The van der Waals surface area contributed by atoms with Crippen LogP contribution in [0.4, 0.5) is 5.69 Å². The second kappa shape index (κ2) is 8.30. The Morgan fingerprint density at radius 3 is 2.80 bits per heavy atom. The molecule has 1 amide bonds. The van der Waals surface area contributed by atoms with Gasteiger partial charge in [0.2, 0.25) is 5.91 Å². The predicted octanol–water partition coefficient (Wildman–Crippen LogP) is 3.32. The lowest BCUT2D eigenvalue weighted by Gasteiger charge is -2.35. The van der Waals surface area contributed by atoms with Gasteiger partial charge in [0.1, 0.15) is 0 Å². The zero-order valence-corrected chi connectivity index (χ0v) is 15.2. The Bertz CT molecular complexity index is 675. The van der Waals surface area contributed by atoms with Crippen LogP contribution in [0.25, 0.3) is 0 Å². The summed E-state index contributed by atoms with van der Waals surface area (Å²) in [7, 11) is 0. The standard InChI is InChI=1S/C20H28N4O/c1-16-5-3-6-19(15-16)22-20(25)17(2)23-12-7-18(8-13-23)9-14-24-11-4-10-21-24/h3-6,10-11,15,17-18H,7-9,12-14H2,1-2H3,(H,22,25). The maximum Gasteiger partial charge on any atom is 0.241 e. The first kappa shape index (κ1) is 17.7. The minimum Gasteiger partial charge on any atom is -0.325 e. The van der Waals surface area contributed by atoms with Crippen molar-refractivity contribution in [1.29, 1.82) is 0 Å². The summed E-state index contributed by atoms with van der Waals surface area (Å²) in [5, 5.41) is 7.31. The molecule has 0 spiro atoms. The summed E-state index contributed by atoms with van der Waals surface area (Å²) in [4.78, 5) is 14.8. The quantitative estimate of drug-likeness (QED) is 0.877. The molecule has 1 unspecified atom stereocenters. The Morgan fingerprint density at radius 2 is 2.12 bits per heavy atom. The van der Waals surface area contributed by atoms with Gasteiger partial charge in [-0.2, -0.15) is 5.10 Å². The molecule has 1 aliphatic rings. The van der Waals surface area contributed by atoms with Gasteiger partial charge in [0, 0.05) is 24.6 Å². The van der Waals surface area contributed by atoms with Crippen LogP contribution in [0.15, 0.2) is 42.7 Å². The molecular formula is C20H28N4O. The zero-order valence-electron chi connectivity index (χ0n) is 15.2. The number of nitrogens with one attached hydrogen (secondary N) is 1. The highest BCUT2D eigenvalue weighted by molar-refractivity contribution is 5.94. The summed E-state index contributed by atoms with van der Waals surface area (Å²) < 4.78 is 2.00. The Labute approximate surface area is 150 Å². The zero-order chi connectivity index (χ0) is 17.6. The van der Waals surface area contributed by atoms with E-state index >= 15 is 0 Å². The number of carbonyl (C=O) groups is 1. The van der Waals surface area contributed by atoms with Crippen molar-refractivity contribution < 1.29 is 4.79 Å². The van der Waals surface area contributed by atoms with Gasteiger partial charge in [-0.25, -0.2) is 0 Å². The summed E-state index contributed by atoms with van der Waals surface area (Å²) in [6, 6.07) is 9.84. The topological polar surface area (TPSA) is 50.2 Å². The molecule has 2 aromatic rings. The third kappa shape index (κ3) is 4.92. The molecule has 1 aromatic heterocycles. The third-order valence-electron chi connectivity index (χ3n) is 5.19. The normalized spacial score (nSPS) is 17.4. The number of hydrogen-bond donors (Lipinski definition) is 1. The highest BCUT2D eigenvalue weighted by Gasteiger charge is 2.26. The number of likely N-dealkylation sites (tertiary alicyclic amines) is 1. The van der Waals surface area contributed by atoms with Crippen LogP contribution in [-0.2, 0) is 11.3 Å². The summed E-state index contributed by atoms with van der Waals surface area (Å²) in [6.07, 6.45) is 7.33. The van der Waals surface area contributed by atoms with Crippen molar-refractivity contribution in [2.24, 2.45) is 5.92 Å². The largest absolute Gasteiger partial charge is 0.325 e. The average Bonchev–Trinajstić information content (AvgIpc) is 3.13. The average molecular weight is 340 g/mol. The Balaban J connectivity index is 1.44. The SMILES string of the molecule is Cc1cccc(NC(=O)C(C)N2CCC(CCn3cccn3)CC2)c1. The van der Waals surface area contributed by atoms with Crippen molar-refractivity contribution in [2.45, 2.75) is 45.7 Å². The molecule has 1 aromatic carbocycles. The molecule has 3 rings (SSSR count). The Morgan fingerprint density at radius 1 is 1.32 bits per heavy atom. The molecular weight excluding hydrogens is 312 g/mol. The summed E-state index contributed by atoms with van der Waals surface area (Å²) >= 11 is 0. The maximum atomic E-state index is 12.5.